The van der Waals surface area contributed by atoms with Gasteiger partial charge in [-0.05, 0) is 50.0 Å². The smallest absolute Gasteiger partial charge is 0.320 e. The van der Waals surface area contributed by atoms with E-state index < -0.39 is 0 Å². The number of amides is 3. The maximum absolute atomic E-state index is 13.1. The Balaban J connectivity index is 1.03. The van der Waals surface area contributed by atoms with Crippen molar-refractivity contribution in [3.63, 3.8) is 0 Å². The van der Waals surface area contributed by atoms with Crippen LogP contribution in [0.4, 0.5) is 10.6 Å². The number of piperidine rings is 1. The molecule has 5 heterocycles. The molecule has 38 heavy (non-hydrogen) atoms. The summed E-state index contributed by atoms with van der Waals surface area (Å²) in [6.07, 6.45) is 5.71. The van der Waals surface area contributed by atoms with Gasteiger partial charge in [0.1, 0.15) is 11.5 Å². The number of likely N-dealkylation sites (tertiary alicyclic amines) is 1. The number of anilines is 1. The van der Waals surface area contributed by atoms with Gasteiger partial charge >= 0.3 is 6.03 Å². The Bertz CT molecular complexity index is 1100. The molecule has 2 aromatic heterocycles. The summed E-state index contributed by atoms with van der Waals surface area (Å²) in [7, 11) is 0. The Morgan fingerprint density at radius 1 is 1.05 bits per heavy atom. The number of hydrogen-bond acceptors (Lipinski definition) is 8. The average Bonchev–Trinajstić information content (AvgIpc) is 3.68. The highest BCUT2D eigenvalue weighted by molar-refractivity contribution is 7.80. The number of rotatable bonds is 5. The number of carbonyl (C=O) groups is 2. The van der Waals surface area contributed by atoms with E-state index in [4.69, 9.17) is 17.0 Å². The van der Waals surface area contributed by atoms with Crippen LogP contribution in [0.1, 0.15) is 47.1 Å². The van der Waals surface area contributed by atoms with E-state index in [0.717, 1.165) is 56.2 Å². The third-order valence-corrected chi connectivity index (χ3v) is 8.45. The van der Waals surface area contributed by atoms with E-state index >= 15 is 0 Å². The van der Waals surface area contributed by atoms with E-state index in [9.17, 15) is 9.59 Å². The molecule has 0 aliphatic carbocycles. The fraction of sp³-hybridized carbons (Fsp3) is 0.560. The largest absolute Gasteiger partial charge is 0.376 e. The molecule has 3 N–H and O–H groups in total. The second-order valence-corrected chi connectivity index (χ2v) is 11.0. The van der Waals surface area contributed by atoms with Crippen molar-refractivity contribution < 1.29 is 14.3 Å². The van der Waals surface area contributed by atoms with Gasteiger partial charge in [0.2, 0.25) is 0 Å². The number of urea groups is 1. The summed E-state index contributed by atoms with van der Waals surface area (Å²) in [4.78, 5) is 40.7. The second-order valence-electron chi connectivity index (χ2n) is 9.70. The molecule has 204 valence electrons. The molecular formula is C25H34N8O3S2. The lowest BCUT2D eigenvalue weighted by Crippen LogP contribution is -2.54. The van der Waals surface area contributed by atoms with Crippen LogP contribution in [0.3, 0.4) is 0 Å². The van der Waals surface area contributed by atoms with Crippen LogP contribution in [0.25, 0.3) is 0 Å². The van der Waals surface area contributed by atoms with Crippen LogP contribution in [0.15, 0.2) is 29.8 Å². The SMILES string of the molecule is O=C(NNC(=S)NCC1CCCO1)c1csc(C2CCN(C(=O)N3CCN(c4ccccn4)CC3)CC2)n1. The van der Waals surface area contributed by atoms with Gasteiger partial charge in [0, 0.05) is 69.9 Å². The first-order chi connectivity index (χ1) is 18.6. The molecular weight excluding hydrogens is 524 g/mol. The van der Waals surface area contributed by atoms with E-state index in [-0.39, 0.29) is 24.0 Å². The Hall–Kier alpha value is -3.03. The minimum Gasteiger partial charge on any atom is -0.376 e. The predicted molar refractivity (Wildman–Crippen MR) is 149 cm³/mol. The molecule has 3 saturated heterocycles. The van der Waals surface area contributed by atoms with Gasteiger partial charge in [-0.2, -0.15) is 0 Å². The summed E-state index contributed by atoms with van der Waals surface area (Å²) in [5.74, 6) is 0.876. The molecule has 0 saturated carbocycles. The lowest BCUT2D eigenvalue weighted by atomic mass is 9.98. The minimum atomic E-state index is -0.328. The highest BCUT2D eigenvalue weighted by atomic mass is 32.1. The third kappa shape index (κ3) is 6.69. The topological polar surface area (TPSA) is 115 Å². The van der Waals surface area contributed by atoms with Crippen molar-refractivity contribution in [3.8, 4) is 0 Å². The number of nitrogens with zero attached hydrogens (tertiary/aromatic N) is 5. The number of thiazole rings is 1. The van der Waals surface area contributed by atoms with Gasteiger partial charge in [0.05, 0.1) is 11.1 Å². The first-order valence-electron chi connectivity index (χ1n) is 13.2. The number of nitrogens with one attached hydrogen (secondary N) is 3. The zero-order chi connectivity index (χ0) is 26.3. The second kappa shape index (κ2) is 12.7. The summed E-state index contributed by atoms with van der Waals surface area (Å²) in [6, 6.07) is 6.01. The van der Waals surface area contributed by atoms with Gasteiger partial charge in [0.15, 0.2) is 5.11 Å². The zero-order valence-corrected chi connectivity index (χ0v) is 22.9. The third-order valence-electron chi connectivity index (χ3n) is 7.20. The van der Waals surface area contributed by atoms with Gasteiger partial charge < -0.3 is 24.8 Å². The van der Waals surface area contributed by atoms with Gasteiger partial charge in [0.25, 0.3) is 5.91 Å². The molecule has 3 amide bonds. The summed E-state index contributed by atoms with van der Waals surface area (Å²) in [6.45, 7) is 5.75. The van der Waals surface area contributed by atoms with Crippen molar-refractivity contribution in [1.29, 1.82) is 0 Å². The monoisotopic (exact) mass is 558 g/mol. The molecule has 0 radical (unpaired) electrons. The van der Waals surface area contributed by atoms with Crippen molar-refractivity contribution in [1.82, 2.24) is 35.9 Å². The molecule has 5 rings (SSSR count). The van der Waals surface area contributed by atoms with E-state index in [2.05, 4.69) is 31.0 Å². The summed E-state index contributed by atoms with van der Waals surface area (Å²) in [5, 5.41) is 6.11. The highest BCUT2D eigenvalue weighted by Crippen LogP contribution is 2.31. The molecule has 3 aliphatic heterocycles. The van der Waals surface area contributed by atoms with Crippen LogP contribution in [-0.2, 0) is 4.74 Å². The van der Waals surface area contributed by atoms with Crippen molar-refractivity contribution in [2.75, 3.05) is 57.3 Å². The Kier molecular flexibility index (Phi) is 8.86. The van der Waals surface area contributed by atoms with Gasteiger partial charge in [-0.15, -0.1) is 11.3 Å². The van der Waals surface area contributed by atoms with Crippen molar-refractivity contribution in [3.05, 3.63) is 40.5 Å². The fourth-order valence-electron chi connectivity index (χ4n) is 5.00. The first kappa shape index (κ1) is 26.6. The van der Waals surface area contributed by atoms with Crippen molar-refractivity contribution in [2.24, 2.45) is 0 Å². The Morgan fingerprint density at radius 3 is 2.55 bits per heavy atom. The maximum Gasteiger partial charge on any atom is 0.320 e. The number of thiocarbonyl (C=S) groups is 1. The van der Waals surface area contributed by atoms with Crippen LogP contribution in [0, 0.1) is 0 Å². The number of aromatic nitrogens is 2. The molecule has 0 aromatic carbocycles. The number of carbonyl (C=O) groups excluding carboxylic acids is 2. The normalized spacial score (nSPS) is 20.3. The average molecular weight is 559 g/mol. The van der Waals surface area contributed by atoms with Crippen LogP contribution >= 0.6 is 23.6 Å². The number of piperazine rings is 1. The molecule has 0 bridgehead atoms. The highest BCUT2D eigenvalue weighted by Gasteiger charge is 2.30. The summed E-state index contributed by atoms with van der Waals surface area (Å²) in [5.41, 5.74) is 5.70. The van der Waals surface area contributed by atoms with Crippen LogP contribution in [0.5, 0.6) is 0 Å². The lowest BCUT2D eigenvalue weighted by molar-refractivity contribution is 0.0938. The Morgan fingerprint density at radius 2 is 1.84 bits per heavy atom. The molecule has 0 spiro atoms. The predicted octanol–water partition coefficient (Wildman–Crippen LogP) is 1.95. The molecule has 3 aliphatic rings. The van der Waals surface area contributed by atoms with E-state index in [0.29, 0.717) is 43.5 Å². The molecule has 11 nitrogen and oxygen atoms in total. The number of hydrogen-bond donors (Lipinski definition) is 3. The van der Waals surface area contributed by atoms with Gasteiger partial charge in [-0.3, -0.25) is 15.6 Å². The standard InChI is InChI=1S/C25H34N8O3S2/c34-22(29-30-24(37)27-16-19-4-3-15-36-19)20-17-38-23(28-20)18-6-9-32(10-7-18)25(35)33-13-11-31(12-14-33)21-5-1-2-8-26-21/h1-2,5,8,17-19H,3-4,6-7,9-16H2,(H,29,34)(H2,27,30,37). The molecule has 2 aromatic rings. The van der Waals surface area contributed by atoms with Gasteiger partial charge in [-0.25, -0.2) is 14.8 Å². The van der Waals surface area contributed by atoms with Crippen molar-refractivity contribution >= 4 is 46.4 Å². The van der Waals surface area contributed by atoms with E-state index in [1.54, 1.807) is 11.6 Å². The molecule has 1 atom stereocenters. The minimum absolute atomic E-state index is 0.110. The van der Waals surface area contributed by atoms with Crippen LogP contribution in [-0.4, -0.2) is 95.3 Å². The first-order valence-corrected chi connectivity index (χ1v) is 14.5. The van der Waals surface area contributed by atoms with Crippen molar-refractivity contribution in [2.45, 2.75) is 37.7 Å². The molecule has 13 heteroatoms. The lowest BCUT2D eigenvalue weighted by Gasteiger charge is -2.39. The Labute approximate surface area is 231 Å². The van der Waals surface area contributed by atoms with E-state index in [1.165, 1.54) is 11.3 Å². The number of pyridine rings is 1. The number of ether oxygens (including phenoxy) is 1. The maximum atomic E-state index is 13.1. The summed E-state index contributed by atoms with van der Waals surface area (Å²) < 4.78 is 5.55. The molecule has 3 fully saturated rings. The molecule has 1 unspecified atom stereocenters. The van der Waals surface area contributed by atoms with Crippen LogP contribution < -0.4 is 21.1 Å². The van der Waals surface area contributed by atoms with E-state index in [1.807, 2.05) is 28.0 Å². The van der Waals surface area contributed by atoms with Gasteiger partial charge in [-0.1, -0.05) is 6.07 Å². The zero-order valence-electron chi connectivity index (χ0n) is 21.3. The number of hydrazine groups is 1. The quantitative estimate of drug-likeness (QED) is 0.374. The fourth-order valence-corrected chi connectivity index (χ4v) is 6.10. The summed E-state index contributed by atoms with van der Waals surface area (Å²) >= 11 is 6.71. The van der Waals surface area contributed by atoms with Crippen LogP contribution in [0.2, 0.25) is 0 Å².